The Morgan fingerprint density at radius 3 is 2.36 bits per heavy atom. The van der Waals surface area contributed by atoms with Gasteiger partial charge >= 0.3 is 0 Å². The van der Waals surface area contributed by atoms with Gasteiger partial charge in [0.2, 0.25) is 0 Å². The zero-order valence-corrected chi connectivity index (χ0v) is 9.50. The van der Waals surface area contributed by atoms with Crippen molar-refractivity contribution in [2.24, 2.45) is 7.05 Å². The summed E-state index contributed by atoms with van der Waals surface area (Å²) in [6.07, 6.45) is 1.31. The van der Waals surface area contributed by atoms with Crippen LogP contribution in [0.4, 0.5) is 0 Å². The Kier molecular flexibility index (Phi) is 3.11. The molecule has 0 aliphatic carbocycles. The zero-order valence-electron chi connectivity index (χ0n) is 9.50. The van der Waals surface area contributed by atoms with Crippen LogP contribution in [0, 0.1) is 13.8 Å². The molecule has 1 atom stereocenters. The van der Waals surface area contributed by atoms with E-state index in [0.717, 1.165) is 22.5 Å². The molecular formula is C11H18N2O. The Balaban J connectivity index is 3.12. The minimum absolute atomic E-state index is 0.534. The fourth-order valence-corrected chi connectivity index (χ4v) is 1.62. The lowest BCUT2D eigenvalue weighted by Gasteiger charge is -2.07. The molecule has 0 aliphatic heterocycles. The van der Waals surface area contributed by atoms with E-state index in [1.54, 1.807) is 4.68 Å². The van der Waals surface area contributed by atoms with E-state index in [9.17, 15) is 5.11 Å². The van der Waals surface area contributed by atoms with Gasteiger partial charge in [0.15, 0.2) is 0 Å². The number of allylic oxidation sites excluding steroid dienone is 1. The van der Waals surface area contributed by atoms with Crippen molar-refractivity contribution >= 4 is 0 Å². The van der Waals surface area contributed by atoms with Crippen molar-refractivity contribution in [1.82, 2.24) is 9.78 Å². The highest BCUT2D eigenvalue weighted by Gasteiger charge is 2.15. The van der Waals surface area contributed by atoms with Crippen LogP contribution in [0.1, 0.15) is 36.9 Å². The summed E-state index contributed by atoms with van der Waals surface area (Å²) in [5.74, 6) is 0. The van der Waals surface area contributed by atoms with E-state index in [1.807, 2.05) is 40.8 Å². The molecule has 0 spiro atoms. The predicted molar refractivity (Wildman–Crippen MR) is 57.1 cm³/mol. The summed E-state index contributed by atoms with van der Waals surface area (Å²) in [6.45, 7) is 7.84. The van der Waals surface area contributed by atoms with Crippen LogP contribution in [0.3, 0.4) is 0 Å². The third-order valence-electron chi connectivity index (χ3n) is 2.35. The Morgan fingerprint density at radius 2 is 2.00 bits per heavy atom. The van der Waals surface area contributed by atoms with Crippen LogP contribution in [-0.4, -0.2) is 14.9 Å². The van der Waals surface area contributed by atoms with E-state index in [2.05, 4.69) is 5.10 Å². The van der Waals surface area contributed by atoms with Crippen molar-refractivity contribution in [1.29, 1.82) is 0 Å². The van der Waals surface area contributed by atoms with E-state index in [4.69, 9.17) is 0 Å². The molecule has 0 radical (unpaired) electrons. The fourth-order valence-electron chi connectivity index (χ4n) is 1.62. The van der Waals surface area contributed by atoms with Crippen molar-refractivity contribution in [3.63, 3.8) is 0 Å². The predicted octanol–water partition coefficient (Wildman–Crippen LogP) is 2.04. The summed E-state index contributed by atoms with van der Waals surface area (Å²) in [4.78, 5) is 0. The quantitative estimate of drug-likeness (QED) is 0.732. The third-order valence-corrected chi connectivity index (χ3v) is 2.35. The van der Waals surface area contributed by atoms with Gasteiger partial charge in [-0.15, -0.1) is 0 Å². The van der Waals surface area contributed by atoms with Crippen LogP contribution in [0.5, 0.6) is 0 Å². The first kappa shape index (κ1) is 11.0. The second-order valence-corrected chi connectivity index (χ2v) is 3.90. The molecule has 3 heteroatoms. The molecule has 1 heterocycles. The average molecular weight is 194 g/mol. The number of hydrogen-bond acceptors (Lipinski definition) is 2. The van der Waals surface area contributed by atoms with E-state index in [0.29, 0.717) is 0 Å². The lowest BCUT2D eigenvalue weighted by Crippen LogP contribution is -1.99. The van der Waals surface area contributed by atoms with Crippen LogP contribution in [0.2, 0.25) is 0 Å². The van der Waals surface area contributed by atoms with Gasteiger partial charge in [0.05, 0.1) is 5.69 Å². The largest absolute Gasteiger partial charge is 0.384 e. The Bertz CT molecular complexity index is 360. The third kappa shape index (κ3) is 2.04. The van der Waals surface area contributed by atoms with Gasteiger partial charge in [-0.1, -0.05) is 11.6 Å². The summed E-state index contributed by atoms with van der Waals surface area (Å²) in [5, 5.41) is 14.2. The smallest absolute Gasteiger partial charge is 0.101 e. The van der Waals surface area contributed by atoms with Gasteiger partial charge < -0.3 is 5.11 Å². The van der Waals surface area contributed by atoms with Crippen molar-refractivity contribution in [2.75, 3.05) is 0 Å². The number of aliphatic hydroxyl groups is 1. The zero-order chi connectivity index (χ0) is 10.9. The molecule has 0 aliphatic rings. The summed E-state index contributed by atoms with van der Waals surface area (Å²) in [5.41, 5.74) is 3.95. The van der Waals surface area contributed by atoms with Crippen molar-refractivity contribution in [3.05, 3.63) is 28.6 Å². The first-order chi connectivity index (χ1) is 6.43. The normalized spacial score (nSPS) is 12.7. The number of hydrogen-bond donors (Lipinski definition) is 1. The van der Waals surface area contributed by atoms with E-state index in [-0.39, 0.29) is 0 Å². The van der Waals surface area contributed by atoms with E-state index < -0.39 is 6.10 Å². The molecule has 0 bridgehead atoms. The summed E-state index contributed by atoms with van der Waals surface area (Å²) < 4.78 is 1.80. The number of aryl methyl sites for hydroxylation is 2. The van der Waals surface area contributed by atoms with Gasteiger partial charge in [-0.25, -0.2) is 0 Å². The highest BCUT2D eigenvalue weighted by atomic mass is 16.3. The van der Waals surface area contributed by atoms with Gasteiger partial charge in [-0.05, 0) is 27.7 Å². The average Bonchev–Trinajstić information content (AvgIpc) is 2.25. The molecule has 1 aromatic heterocycles. The van der Waals surface area contributed by atoms with Crippen LogP contribution < -0.4 is 0 Å². The number of rotatable bonds is 2. The molecule has 3 nitrogen and oxygen atoms in total. The molecule has 1 N–H and O–H groups in total. The SMILES string of the molecule is CC(C)=CC(O)c1c(C)nn(C)c1C. The Hall–Kier alpha value is -1.09. The summed E-state index contributed by atoms with van der Waals surface area (Å²) >= 11 is 0. The standard InChI is InChI=1S/C11H18N2O/c1-7(2)6-10(14)11-8(3)12-13(5)9(11)4/h6,10,14H,1-5H3. The molecule has 78 valence electrons. The maximum Gasteiger partial charge on any atom is 0.101 e. The topological polar surface area (TPSA) is 38.1 Å². The van der Waals surface area contributed by atoms with Crippen LogP contribution in [0.25, 0.3) is 0 Å². The molecule has 0 saturated carbocycles. The van der Waals surface area contributed by atoms with E-state index >= 15 is 0 Å². The highest BCUT2D eigenvalue weighted by Crippen LogP contribution is 2.22. The maximum absolute atomic E-state index is 9.94. The Labute approximate surface area is 85.1 Å². The highest BCUT2D eigenvalue weighted by molar-refractivity contribution is 5.30. The molecular weight excluding hydrogens is 176 g/mol. The van der Waals surface area contributed by atoms with Gasteiger partial charge in [0.1, 0.15) is 6.10 Å². The monoisotopic (exact) mass is 194 g/mol. The maximum atomic E-state index is 9.94. The molecule has 1 aromatic rings. The van der Waals surface area contributed by atoms with Gasteiger partial charge in [-0.3, -0.25) is 4.68 Å². The first-order valence-electron chi connectivity index (χ1n) is 4.76. The molecule has 1 rings (SSSR count). The second-order valence-electron chi connectivity index (χ2n) is 3.90. The van der Waals surface area contributed by atoms with Crippen LogP contribution >= 0.6 is 0 Å². The number of aromatic nitrogens is 2. The summed E-state index contributed by atoms with van der Waals surface area (Å²) in [7, 11) is 1.89. The molecule has 14 heavy (non-hydrogen) atoms. The fraction of sp³-hybridized carbons (Fsp3) is 0.545. The second kappa shape index (κ2) is 3.96. The molecule has 0 saturated heterocycles. The van der Waals surface area contributed by atoms with E-state index in [1.165, 1.54) is 0 Å². The minimum atomic E-state index is -0.534. The lowest BCUT2D eigenvalue weighted by molar-refractivity contribution is 0.226. The number of aliphatic hydroxyl groups excluding tert-OH is 1. The Morgan fingerprint density at radius 1 is 1.43 bits per heavy atom. The first-order valence-corrected chi connectivity index (χ1v) is 4.76. The molecule has 0 fully saturated rings. The van der Waals surface area contributed by atoms with Crippen LogP contribution in [-0.2, 0) is 7.05 Å². The van der Waals surface area contributed by atoms with Gasteiger partial charge in [0.25, 0.3) is 0 Å². The lowest BCUT2D eigenvalue weighted by atomic mass is 10.1. The minimum Gasteiger partial charge on any atom is -0.384 e. The van der Waals surface area contributed by atoms with Crippen molar-refractivity contribution < 1.29 is 5.11 Å². The van der Waals surface area contributed by atoms with Crippen molar-refractivity contribution in [3.8, 4) is 0 Å². The van der Waals surface area contributed by atoms with Crippen LogP contribution in [0.15, 0.2) is 11.6 Å². The van der Waals surface area contributed by atoms with Gasteiger partial charge in [-0.2, -0.15) is 5.10 Å². The van der Waals surface area contributed by atoms with Crippen molar-refractivity contribution in [2.45, 2.75) is 33.8 Å². The molecule has 1 unspecified atom stereocenters. The summed E-state index contributed by atoms with van der Waals surface area (Å²) in [6, 6.07) is 0. The number of nitrogens with zero attached hydrogens (tertiary/aromatic N) is 2. The van der Waals surface area contributed by atoms with Gasteiger partial charge in [0, 0.05) is 18.3 Å². The molecule has 0 aromatic carbocycles. The molecule has 0 amide bonds.